The molecule has 8 heteroatoms. The smallest absolute Gasteiger partial charge is 0.354 e. The van der Waals surface area contributed by atoms with Crippen LogP contribution in [0.1, 0.15) is 15.4 Å². The Balaban J connectivity index is 2.38. The average Bonchev–Trinajstić information content (AvgIpc) is 2.92. The van der Waals surface area contributed by atoms with Gasteiger partial charge in [0.05, 0.1) is 9.75 Å². The van der Waals surface area contributed by atoms with Gasteiger partial charge in [-0.25, -0.2) is 0 Å². The van der Waals surface area contributed by atoms with Gasteiger partial charge in [-0.2, -0.15) is 18.3 Å². The van der Waals surface area contributed by atoms with Gasteiger partial charge in [0.2, 0.25) is 0 Å². The van der Waals surface area contributed by atoms with Crippen LogP contribution >= 0.6 is 11.3 Å². The SMILES string of the molecule is CNC(=O)c1ccc(-c2cc(C(F)(F)F)n(C)n2)s1. The molecule has 1 N–H and O–H groups in total. The molecule has 0 bridgehead atoms. The molecule has 0 radical (unpaired) electrons. The number of aromatic nitrogens is 2. The lowest BCUT2D eigenvalue weighted by atomic mass is 10.3. The van der Waals surface area contributed by atoms with Crippen molar-refractivity contribution >= 4 is 17.2 Å². The van der Waals surface area contributed by atoms with E-state index >= 15 is 0 Å². The Morgan fingerprint density at radius 2 is 2.11 bits per heavy atom. The van der Waals surface area contributed by atoms with Gasteiger partial charge in [-0.1, -0.05) is 0 Å². The maximum atomic E-state index is 12.6. The standard InChI is InChI=1S/C11H10F3N3OS/c1-15-10(18)8-4-3-7(19-8)6-5-9(11(12,13)14)17(2)16-6/h3-5H,1-2H3,(H,15,18). The van der Waals surface area contributed by atoms with Crippen LogP contribution in [-0.4, -0.2) is 22.7 Å². The Morgan fingerprint density at radius 3 is 2.63 bits per heavy atom. The second kappa shape index (κ2) is 4.69. The predicted octanol–water partition coefficient (Wildman–Crippen LogP) is 2.53. The van der Waals surface area contributed by atoms with Crippen LogP contribution in [0, 0.1) is 0 Å². The maximum Gasteiger partial charge on any atom is 0.433 e. The summed E-state index contributed by atoms with van der Waals surface area (Å²) in [6.45, 7) is 0. The van der Waals surface area contributed by atoms with Crippen LogP contribution in [-0.2, 0) is 13.2 Å². The minimum atomic E-state index is -4.44. The molecule has 2 aromatic rings. The van der Waals surface area contributed by atoms with E-state index in [1.807, 2.05) is 0 Å². The summed E-state index contributed by atoms with van der Waals surface area (Å²) in [5.74, 6) is -0.275. The van der Waals surface area contributed by atoms with Crippen molar-refractivity contribution < 1.29 is 18.0 Å². The minimum Gasteiger partial charge on any atom is -0.354 e. The molecule has 102 valence electrons. The fourth-order valence-electron chi connectivity index (χ4n) is 1.57. The molecule has 0 atom stereocenters. The highest BCUT2D eigenvalue weighted by Crippen LogP contribution is 2.34. The van der Waals surface area contributed by atoms with Gasteiger partial charge in [0.15, 0.2) is 0 Å². The van der Waals surface area contributed by atoms with Crippen molar-refractivity contribution in [2.24, 2.45) is 7.05 Å². The highest BCUT2D eigenvalue weighted by atomic mass is 32.1. The molecular formula is C11H10F3N3OS. The van der Waals surface area contributed by atoms with Crippen molar-refractivity contribution in [1.29, 1.82) is 0 Å². The van der Waals surface area contributed by atoms with Gasteiger partial charge in [0.1, 0.15) is 11.4 Å². The Bertz CT molecular complexity index is 615. The minimum absolute atomic E-state index is 0.204. The quantitative estimate of drug-likeness (QED) is 0.923. The van der Waals surface area contributed by atoms with Crippen LogP contribution in [0.25, 0.3) is 10.6 Å². The van der Waals surface area contributed by atoms with Crippen LogP contribution in [0.4, 0.5) is 13.2 Å². The highest BCUT2D eigenvalue weighted by molar-refractivity contribution is 7.17. The Hall–Kier alpha value is -1.83. The van der Waals surface area contributed by atoms with Crippen LogP contribution in [0.15, 0.2) is 18.2 Å². The first kappa shape index (κ1) is 13.6. The number of nitrogens with one attached hydrogen (secondary N) is 1. The van der Waals surface area contributed by atoms with E-state index in [0.29, 0.717) is 9.75 Å². The van der Waals surface area contributed by atoms with E-state index in [1.165, 1.54) is 14.1 Å². The lowest BCUT2D eigenvalue weighted by Crippen LogP contribution is -2.15. The van der Waals surface area contributed by atoms with E-state index in [0.717, 1.165) is 22.1 Å². The fourth-order valence-corrected chi connectivity index (χ4v) is 2.48. The maximum absolute atomic E-state index is 12.6. The van der Waals surface area contributed by atoms with E-state index in [1.54, 1.807) is 12.1 Å². The number of halogens is 3. The molecule has 2 rings (SSSR count). The van der Waals surface area contributed by atoms with E-state index < -0.39 is 11.9 Å². The van der Waals surface area contributed by atoms with Gasteiger partial charge < -0.3 is 5.32 Å². The third-order valence-corrected chi connectivity index (χ3v) is 3.59. The summed E-state index contributed by atoms with van der Waals surface area (Å²) in [5.41, 5.74) is -0.618. The molecule has 0 spiro atoms. The van der Waals surface area contributed by atoms with E-state index in [-0.39, 0.29) is 11.6 Å². The number of hydrogen-bond acceptors (Lipinski definition) is 3. The molecule has 2 heterocycles. The van der Waals surface area contributed by atoms with Crippen molar-refractivity contribution in [1.82, 2.24) is 15.1 Å². The number of rotatable bonds is 2. The molecular weight excluding hydrogens is 279 g/mol. The Labute approximate surface area is 110 Å². The van der Waals surface area contributed by atoms with Crippen molar-refractivity contribution in [3.63, 3.8) is 0 Å². The van der Waals surface area contributed by atoms with Crippen molar-refractivity contribution in [3.05, 3.63) is 28.8 Å². The lowest BCUT2D eigenvalue weighted by molar-refractivity contribution is -0.143. The second-order valence-electron chi connectivity index (χ2n) is 3.78. The van der Waals surface area contributed by atoms with Gasteiger partial charge in [-0.3, -0.25) is 9.48 Å². The summed E-state index contributed by atoms with van der Waals surface area (Å²) in [7, 11) is 2.73. The zero-order valence-electron chi connectivity index (χ0n) is 10.1. The van der Waals surface area contributed by atoms with Crippen molar-refractivity contribution in [3.8, 4) is 10.6 Å². The largest absolute Gasteiger partial charge is 0.433 e. The first-order chi connectivity index (χ1) is 8.82. The molecule has 19 heavy (non-hydrogen) atoms. The van der Waals surface area contributed by atoms with Crippen LogP contribution < -0.4 is 5.32 Å². The molecule has 0 saturated heterocycles. The number of nitrogens with zero attached hydrogens (tertiary/aromatic N) is 2. The summed E-state index contributed by atoms with van der Waals surface area (Å²) in [6, 6.07) is 4.11. The first-order valence-corrected chi connectivity index (χ1v) is 6.08. The lowest BCUT2D eigenvalue weighted by Gasteiger charge is -2.04. The monoisotopic (exact) mass is 289 g/mol. The number of amides is 1. The van der Waals surface area contributed by atoms with E-state index in [4.69, 9.17) is 0 Å². The predicted molar refractivity (Wildman–Crippen MR) is 64.9 cm³/mol. The topological polar surface area (TPSA) is 46.9 Å². The van der Waals surface area contributed by atoms with Crippen LogP contribution in [0.3, 0.4) is 0 Å². The average molecular weight is 289 g/mol. The van der Waals surface area contributed by atoms with Gasteiger partial charge in [0.25, 0.3) is 5.91 Å². The third kappa shape index (κ3) is 2.62. The second-order valence-corrected chi connectivity index (χ2v) is 4.86. The van der Waals surface area contributed by atoms with Crippen LogP contribution in [0.2, 0.25) is 0 Å². The van der Waals surface area contributed by atoms with E-state index in [2.05, 4.69) is 10.4 Å². The summed E-state index contributed by atoms with van der Waals surface area (Å²) in [6.07, 6.45) is -4.44. The number of hydrogen-bond donors (Lipinski definition) is 1. The molecule has 0 fully saturated rings. The first-order valence-electron chi connectivity index (χ1n) is 5.26. The molecule has 0 aliphatic carbocycles. The summed E-state index contributed by atoms with van der Waals surface area (Å²) >= 11 is 1.10. The summed E-state index contributed by atoms with van der Waals surface area (Å²) < 4.78 is 38.7. The molecule has 4 nitrogen and oxygen atoms in total. The number of carbonyl (C=O) groups is 1. The van der Waals surface area contributed by atoms with Gasteiger partial charge in [0, 0.05) is 14.1 Å². The fraction of sp³-hybridized carbons (Fsp3) is 0.273. The Morgan fingerprint density at radius 1 is 1.42 bits per heavy atom. The number of alkyl halides is 3. The van der Waals surface area contributed by atoms with E-state index in [9.17, 15) is 18.0 Å². The molecule has 0 aromatic carbocycles. The van der Waals surface area contributed by atoms with Crippen LogP contribution in [0.5, 0.6) is 0 Å². The third-order valence-electron chi connectivity index (χ3n) is 2.48. The molecule has 0 aliphatic rings. The molecule has 0 aliphatic heterocycles. The Kier molecular flexibility index (Phi) is 3.36. The molecule has 0 saturated carbocycles. The van der Waals surface area contributed by atoms with Crippen molar-refractivity contribution in [2.45, 2.75) is 6.18 Å². The highest BCUT2D eigenvalue weighted by Gasteiger charge is 2.35. The molecule has 2 aromatic heterocycles. The number of thiophene rings is 1. The molecule has 1 amide bonds. The van der Waals surface area contributed by atoms with Gasteiger partial charge >= 0.3 is 6.18 Å². The normalized spacial score (nSPS) is 11.6. The van der Waals surface area contributed by atoms with Crippen molar-refractivity contribution in [2.75, 3.05) is 7.05 Å². The number of aryl methyl sites for hydroxylation is 1. The van der Waals surface area contributed by atoms with Gasteiger partial charge in [-0.15, -0.1) is 11.3 Å². The number of carbonyl (C=O) groups excluding carboxylic acids is 1. The zero-order valence-corrected chi connectivity index (χ0v) is 10.9. The molecule has 0 unspecified atom stereocenters. The zero-order chi connectivity index (χ0) is 14.2. The van der Waals surface area contributed by atoms with Gasteiger partial charge in [-0.05, 0) is 18.2 Å². The summed E-state index contributed by atoms with van der Waals surface area (Å²) in [5, 5.41) is 6.27. The summed E-state index contributed by atoms with van der Waals surface area (Å²) in [4.78, 5) is 12.3.